The van der Waals surface area contributed by atoms with E-state index in [1.54, 1.807) is 0 Å². The average Bonchev–Trinajstić information content (AvgIpc) is 2.42. The molecule has 0 fully saturated rings. The summed E-state index contributed by atoms with van der Waals surface area (Å²) in [7, 11) is -3.50. The highest BCUT2D eigenvalue weighted by Crippen LogP contribution is 2.08. The molecule has 0 atom stereocenters. The van der Waals surface area contributed by atoms with Gasteiger partial charge in [-0.2, -0.15) is 0 Å². The molecule has 0 radical (unpaired) electrons. The topological polar surface area (TPSA) is 111 Å². The number of hydrogen-bond donors (Lipinski definition) is 3. The fourth-order valence-corrected chi connectivity index (χ4v) is 2.29. The summed E-state index contributed by atoms with van der Waals surface area (Å²) in [6.45, 7) is 7.71. The Labute approximate surface area is 140 Å². The molecule has 0 aliphatic rings. The molecule has 7 nitrogen and oxygen atoms in total. The first-order chi connectivity index (χ1) is 9.64. The van der Waals surface area contributed by atoms with Gasteiger partial charge in [-0.25, -0.2) is 13.1 Å². The fraction of sp³-hybridized carbons (Fsp3) is 0.923. The van der Waals surface area contributed by atoms with E-state index in [2.05, 4.69) is 10.0 Å². The van der Waals surface area contributed by atoms with E-state index >= 15 is 0 Å². The minimum atomic E-state index is -3.50. The number of ether oxygens (including phenoxy) is 1. The van der Waals surface area contributed by atoms with E-state index in [0.717, 1.165) is 12.8 Å². The van der Waals surface area contributed by atoms with Crippen molar-refractivity contribution in [3.05, 3.63) is 0 Å². The van der Waals surface area contributed by atoms with Crippen molar-refractivity contribution in [2.75, 3.05) is 25.4 Å². The molecule has 0 saturated heterocycles. The monoisotopic (exact) mass is 359 g/mol. The van der Waals surface area contributed by atoms with Crippen LogP contribution in [0, 0.1) is 0 Å². The minimum absolute atomic E-state index is 0. The number of amides is 1. The van der Waals surface area contributed by atoms with Crippen LogP contribution >= 0.6 is 12.4 Å². The molecule has 0 saturated carbocycles. The lowest BCUT2D eigenvalue weighted by Crippen LogP contribution is -2.51. The van der Waals surface area contributed by atoms with Gasteiger partial charge in [0, 0.05) is 12.1 Å². The molecule has 0 aliphatic carbocycles. The van der Waals surface area contributed by atoms with E-state index in [1.165, 1.54) is 0 Å². The van der Waals surface area contributed by atoms with Crippen LogP contribution in [0.4, 0.5) is 0 Å². The van der Waals surface area contributed by atoms with Gasteiger partial charge in [0.05, 0.1) is 25.0 Å². The predicted octanol–water partition coefficient (Wildman–Crippen LogP) is 0.386. The second kappa shape index (κ2) is 11.2. The van der Waals surface area contributed by atoms with Gasteiger partial charge in [-0.1, -0.05) is 13.8 Å². The van der Waals surface area contributed by atoms with E-state index in [4.69, 9.17) is 10.5 Å². The van der Waals surface area contributed by atoms with Gasteiger partial charge in [0.15, 0.2) is 0 Å². The van der Waals surface area contributed by atoms with Gasteiger partial charge in [0.2, 0.25) is 15.9 Å². The number of nitrogens with one attached hydrogen (secondary N) is 2. The van der Waals surface area contributed by atoms with Crippen molar-refractivity contribution in [2.24, 2.45) is 5.73 Å². The van der Waals surface area contributed by atoms with E-state index in [0.29, 0.717) is 6.54 Å². The molecule has 0 unspecified atom stereocenters. The third kappa shape index (κ3) is 11.2. The van der Waals surface area contributed by atoms with Crippen LogP contribution in [0.5, 0.6) is 0 Å². The third-order valence-electron chi connectivity index (χ3n) is 3.30. The number of halogens is 1. The normalized spacial score (nSPS) is 12.1. The van der Waals surface area contributed by atoms with Crippen LogP contribution in [0.3, 0.4) is 0 Å². The number of rotatable bonds is 11. The lowest BCUT2D eigenvalue weighted by atomic mass is 9.94. The van der Waals surface area contributed by atoms with Gasteiger partial charge in [0.25, 0.3) is 0 Å². The molecule has 4 N–H and O–H groups in total. The Kier molecular flexibility index (Phi) is 12.1. The van der Waals surface area contributed by atoms with Gasteiger partial charge in [-0.3, -0.25) is 4.79 Å². The van der Waals surface area contributed by atoms with E-state index in [-0.39, 0.29) is 43.3 Å². The quantitative estimate of drug-likeness (QED) is 0.494. The van der Waals surface area contributed by atoms with Crippen LogP contribution in [0.1, 0.15) is 40.5 Å². The second-order valence-corrected chi connectivity index (χ2v) is 7.33. The maximum atomic E-state index is 11.6. The molecule has 1 amide bonds. The summed E-state index contributed by atoms with van der Waals surface area (Å²) in [4.78, 5) is 11.6. The van der Waals surface area contributed by atoms with Gasteiger partial charge in [-0.15, -0.1) is 12.4 Å². The van der Waals surface area contributed by atoms with Crippen LogP contribution < -0.4 is 15.8 Å². The van der Waals surface area contributed by atoms with Crippen molar-refractivity contribution in [1.82, 2.24) is 10.0 Å². The van der Waals surface area contributed by atoms with Gasteiger partial charge < -0.3 is 15.8 Å². The zero-order chi connectivity index (χ0) is 16.5. The van der Waals surface area contributed by atoms with Crippen LogP contribution in [-0.4, -0.2) is 51.4 Å². The summed E-state index contributed by atoms with van der Waals surface area (Å²) in [5, 5.41) is 2.65. The fourth-order valence-electron chi connectivity index (χ4n) is 1.48. The molecule has 0 aromatic carbocycles. The molecule has 0 rings (SSSR count). The van der Waals surface area contributed by atoms with Crippen LogP contribution in [0.15, 0.2) is 0 Å². The van der Waals surface area contributed by atoms with E-state index in [9.17, 15) is 13.2 Å². The third-order valence-corrected chi connectivity index (χ3v) is 4.59. The summed E-state index contributed by atoms with van der Waals surface area (Å²) in [5.41, 5.74) is 5.61. The van der Waals surface area contributed by atoms with Crippen LogP contribution in [-0.2, 0) is 19.6 Å². The average molecular weight is 360 g/mol. The van der Waals surface area contributed by atoms with Gasteiger partial charge >= 0.3 is 0 Å². The number of hydrogen-bond acceptors (Lipinski definition) is 5. The summed E-state index contributed by atoms with van der Waals surface area (Å²) in [6, 6.07) is 0. The molecule has 0 aliphatic heterocycles. The zero-order valence-corrected chi connectivity index (χ0v) is 15.5. The summed E-state index contributed by atoms with van der Waals surface area (Å²) in [5.74, 6) is -0.552. The Balaban J connectivity index is 0. The van der Waals surface area contributed by atoms with Crippen molar-refractivity contribution in [3.8, 4) is 0 Å². The standard InChI is InChI=1S/C13H29N3O4S.ClH/c1-5-13(14,6-2)10-15-12(17)9-16-21(18,19)8-7-20-11(3)4;/h11,16H,5-10,14H2,1-4H3,(H,15,17);1H. The number of sulfonamides is 1. The summed E-state index contributed by atoms with van der Waals surface area (Å²) >= 11 is 0. The summed E-state index contributed by atoms with van der Waals surface area (Å²) in [6.07, 6.45) is 1.45. The molecule has 134 valence electrons. The Morgan fingerprint density at radius 1 is 1.27 bits per heavy atom. The van der Waals surface area contributed by atoms with E-state index < -0.39 is 15.6 Å². The molecular weight excluding hydrogens is 330 g/mol. The largest absolute Gasteiger partial charge is 0.378 e. The number of nitrogens with two attached hydrogens (primary N) is 1. The zero-order valence-electron chi connectivity index (χ0n) is 13.8. The number of carbonyl (C=O) groups excluding carboxylic acids is 1. The molecule has 9 heteroatoms. The lowest BCUT2D eigenvalue weighted by Gasteiger charge is -2.26. The summed E-state index contributed by atoms with van der Waals surface area (Å²) < 4.78 is 30.7. The molecule has 0 bridgehead atoms. The van der Waals surface area contributed by atoms with Crippen molar-refractivity contribution in [2.45, 2.75) is 52.2 Å². The highest BCUT2D eigenvalue weighted by Gasteiger charge is 2.21. The minimum Gasteiger partial charge on any atom is -0.378 e. The first-order valence-electron chi connectivity index (χ1n) is 7.28. The van der Waals surface area contributed by atoms with Gasteiger partial charge in [-0.05, 0) is 26.7 Å². The first kappa shape index (κ1) is 23.9. The first-order valence-corrected chi connectivity index (χ1v) is 8.94. The van der Waals surface area contributed by atoms with E-state index in [1.807, 2.05) is 27.7 Å². The Hall–Kier alpha value is -0.410. The molecule has 0 aromatic rings. The maximum absolute atomic E-state index is 11.6. The van der Waals surface area contributed by atoms with Crippen molar-refractivity contribution in [3.63, 3.8) is 0 Å². The Morgan fingerprint density at radius 3 is 2.27 bits per heavy atom. The molecule has 0 heterocycles. The van der Waals surface area contributed by atoms with Gasteiger partial charge in [0.1, 0.15) is 0 Å². The molecule has 0 aromatic heterocycles. The Bertz CT molecular complexity index is 412. The predicted molar refractivity (Wildman–Crippen MR) is 90.6 cm³/mol. The van der Waals surface area contributed by atoms with Crippen molar-refractivity contribution >= 4 is 28.3 Å². The Morgan fingerprint density at radius 2 is 1.82 bits per heavy atom. The van der Waals surface area contributed by atoms with Crippen molar-refractivity contribution in [1.29, 1.82) is 0 Å². The highest BCUT2D eigenvalue weighted by atomic mass is 35.5. The maximum Gasteiger partial charge on any atom is 0.235 e. The SMILES string of the molecule is CCC(N)(CC)CNC(=O)CNS(=O)(=O)CCOC(C)C.Cl. The lowest BCUT2D eigenvalue weighted by molar-refractivity contribution is -0.120. The molecule has 22 heavy (non-hydrogen) atoms. The van der Waals surface area contributed by atoms with Crippen LogP contribution in [0.2, 0.25) is 0 Å². The number of carbonyl (C=O) groups is 1. The van der Waals surface area contributed by atoms with Crippen molar-refractivity contribution < 1.29 is 17.9 Å². The molecule has 0 spiro atoms. The second-order valence-electron chi connectivity index (χ2n) is 5.41. The van der Waals surface area contributed by atoms with Crippen LogP contribution in [0.25, 0.3) is 0 Å². The molecular formula is C13H30ClN3O4S. The smallest absolute Gasteiger partial charge is 0.235 e. The highest BCUT2D eigenvalue weighted by molar-refractivity contribution is 7.89.